The van der Waals surface area contributed by atoms with Crippen LogP contribution >= 0.6 is 11.6 Å². The number of aromatic hydroxyl groups is 1. The first-order chi connectivity index (χ1) is 9.04. The van der Waals surface area contributed by atoms with Crippen LogP contribution in [0.4, 0.5) is 17.1 Å². The number of nitrogens with one attached hydrogen (secondary N) is 2. The van der Waals surface area contributed by atoms with E-state index in [1.807, 2.05) is 44.2 Å². The molecule has 4 nitrogen and oxygen atoms in total. The highest BCUT2D eigenvalue weighted by Gasteiger charge is 2.21. The van der Waals surface area contributed by atoms with Gasteiger partial charge in [-0.2, -0.15) is 5.12 Å². The maximum atomic E-state index is 10.2. The SMILES string of the molecule is Cc1cc(C)c(O)c(N2Nc3ccc(Cl)cc3N2)c1. The number of nitrogens with zero attached hydrogens (tertiary/aromatic N) is 1. The molecule has 1 aliphatic heterocycles. The lowest BCUT2D eigenvalue weighted by atomic mass is 10.1. The van der Waals surface area contributed by atoms with Gasteiger partial charge in [-0.1, -0.05) is 17.7 Å². The van der Waals surface area contributed by atoms with Gasteiger partial charge in [0.15, 0.2) is 0 Å². The molecular weight excluding hydrogens is 262 g/mol. The molecule has 0 saturated carbocycles. The van der Waals surface area contributed by atoms with Crippen LogP contribution in [0.15, 0.2) is 30.3 Å². The van der Waals surface area contributed by atoms with E-state index in [4.69, 9.17) is 11.6 Å². The second-order valence-electron chi connectivity index (χ2n) is 4.70. The lowest BCUT2D eigenvalue weighted by Gasteiger charge is -2.21. The number of anilines is 3. The summed E-state index contributed by atoms with van der Waals surface area (Å²) in [7, 11) is 0. The molecule has 2 aromatic rings. The number of phenolic OH excluding ortho intramolecular Hbond substituents is 1. The Hall–Kier alpha value is -2.07. The second-order valence-corrected chi connectivity index (χ2v) is 5.13. The summed E-state index contributed by atoms with van der Waals surface area (Å²) >= 11 is 5.96. The summed E-state index contributed by atoms with van der Waals surface area (Å²) in [4.78, 5) is 0. The summed E-state index contributed by atoms with van der Waals surface area (Å²) in [6, 6.07) is 9.41. The van der Waals surface area contributed by atoms with Gasteiger partial charge in [0, 0.05) is 5.02 Å². The van der Waals surface area contributed by atoms with Crippen molar-refractivity contribution in [1.29, 1.82) is 0 Å². The van der Waals surface area contributed by atoms with E-state index in [0.717, 1.165) is 22.5 Å². The molecule has 2 aromatic carbocycles. The molecule has 1 heterocycles. The molecule has 3 N–H and O–H groups in total. The first kappa shape index (κ1) is 12.0. The minimum Gasteiger partial charge on any atom is -0.505 e. The highest BCUT2D eigenvalue weighted by atomic mass is 35.5. The molecule has 0 spiro atoms. The van der Waals surface area contributed by atoms with Gasteiger partial charge >= 0.3 is 0 Å². The molecule has 1 aliphatic rings. The van der Waals surface area contributed by atoms with Gasteiger partial charge in [0.1, 0.15) is 11.4 Å². The van der Waals surface area contributed by atoms with Gasteiger partial charge < -0.3 is 5.11 Å². The molecule has 0 saturated heterocycles. The fraction of sp³-hybridized carbons (Fsp3) is 0.143. The predicted octanol–water partition coefficient (Wildman–Crippen LogP) is 3.84. The topological polar surface area (TPSA) is 47.5 Å². The van der Waals surface area contributed by atoms with Gasteiger partial charge in [-0.05, 0) is 49.2 Å². The van der Waals surface area contributed by atoms with Crippen LogP contribution in [0.3, 0.4) is 0 Å². The number of hydrazine groups is 2. The van der Waals surface area contributed by atoms with Crippen molar-refractivity contribution in [2.75, 3.05) is 16.0 Å². The van der Waals surface area contributed by atoms with Gasteiger partial charge in [0.05, 0.1) is 11.4 Å². The molecule has 0 aromatic heterocycles. The van der Waals surface area contributed by atoms with E-state index in [2.05, 4.69) is 10.9 Å². The zero-order chi connectivity index (χ0) is 13.6. The van der Waals surface area contributed by atoms with Gasteiger partial charge in [0.2, 0.25) is 0 Å². The number of fused-ring (bicyclic) bond motifs is 1. The van der Waals surface area contributed by atoms with E-state index >= 15 is 0 Å². The number of rotatable bonds is 1. The van der Waals surface area contributed by atoms with Crippen LogP contribution in [-0.4, -0.2) is 5.11 Å². The van der Waals surface area contributed by atoms with Crippen molar-refractivity contribution in [2.45, 2.75) is 13.8 Å². The summed E-state index contributed by atoms with van der Waals surface area (Å²) in [5.41, 5.74) is 10.8. The minimum atomic E-state index is 0.254. The van der Waals surface area contributed by atoms with Crippen molar-refractivity contribution < 1.29 is 5.11 Å². The lowest BCUT2D eigenvalue weighted by molar-refractivity contribution is 0.471. The quantitative estimate of drug-likeness (QED) is 0.740. The highest BCUT2D eigenvalue weighted by Crippen LogP contribution is 2.38. The van der Waals surface area contributed by atoms with E-state index in [-0.39, 0.29) is 5.75 Å². The number of aryl methyl sites for hydroxylation is 2. The van der Waals surface area contributed by atoms with Crippen LogP contribution in [0.25, 0.3) is 0 Å². The molecule has 0 atom stereocenters. The zero-order valence-electron chi connectivity index (χ0n) is 10.7. The van der Waals surface area contributed by atoms with E-state index in [1.165, 1.54) is 0 Å². The number of phenols is 1. The van der Waals surface area contributed by atoms with Gasteiger partial charge in [-0.3, -0.25) is 10.9 Å². The van der Waals surface area contributed by atoms with Crippen molar-refractivity contribution in [3.8, 4) is 5.75 Å². The lowest BCUT2D eigenvalue weighted by Crippen LogP contribution is -2.29. The zero-order valence-corrected chi connectivity index (χ0v) is 11.4. The third-order valence-corrected chi connectivity index (χ3v) is 3.35. The number of hydrogen-bond donors (Lipinski definition) is 3. The molecule has 0 bridgehead atoms. The summed E-state index contributed by atoms with van der Waals surface area (Å²) in [5, 5.41) is 12.5. The molecule has 19 heavy (non-hydrogen) atoms. The van der Waals surface area contributed by atoms with Crippen LogP contribution in [0.5, 0.6) is 5.75 Å². The maximum Gasteiger partial charge on any atom is 0.145 e. The van der Waals surface area contributed by atoms with Crippen molar-refractivity contribution in [3.63, 3.8) is 0 Å². The van der Waals surface area contributed by atoms with Crippen LogP contribution in [0.1, 0.15) is 11.1 Å². The molecule has 0 unspecified atom stereocenters. The number of hydrogen-bond acceptors (Lipinski definition) is 4. The monoisotopic (exact) mass is 275 g/mol. The fourth-order valence-corrected chi connectivity index (χ4v) is 2.38. The van der Waals surface area contributed by atoms with Gasteiger partial charge in [-0.25, -0.2) is 0 Å². The Labute approximate surface area is 116 Å². The average molecular weight is 276 g/mol. The first-order valence-electron chi connectivity index (χ1n) is 5.98. The Bertz CT molecular complexity index is 657. The van der Waals surface area contributed by atoms with E-state index in [9.17, 15) is 5.11 Å². The van der Waals surface area contributed by atoms with E-state index < -0.39 is 0 Å². The summed E-state index contributed by atoms with van der Waals surface area (Å²) < 4.78 is 0. The predicted molar refractivity (Wildman–Crippen MR) is 78.8 cm³/mol. The minimum absolute atomic E-state index is 0.254. The van der Waals surface area contributed by atoms with E-state index in [0.29, 0.717) is 10.7 Å². The normalized spacial score (nSPS) is 12.9. The third-order valence-electron chi connectivity index (χ3n) is 3.11. The Balaban J connectivity index is 1.99. The van der Waals surface area contributed by atoms with Gasteiger partial charge in [0.25, 0.3) is 0 Å². The summed E-state index contributed by atoms with van der Waals surface area (Å²) in [5.74, 6) is 0.254. The summed E-state index contributed by atoms with van der Waals surface area (Å²) in [6.45, 7) is 3.88. The third kappa shape index (κ3) is 2.04. The summed E-state index contributed by atoms with van der Waals surface area (Å²) in [6.07, 6.45) is 0. The number of benzene rings is 2. The fourth-order valence-electron chi connectivity index (χ4n) is 2.20. The molecule has 5 heteroatoms. The van der Waals surface area contributed by atoms with Crippen LogP contribution in [0.2, 0.25) is 5.02 Å². The largest absolute Gasteiger partial charge is 0.505 e. The van der Waals surface area contributed by atoms with Crippen LogP contribution in [-0.2, 0) is 0 Å². The average Bonchev–Trinajstić information content (AvgIpc) is 2.76. The molecule has 0 amide bonds. The van der Waals surface area contributed by atoms with Crippen molar-refractivity contribution in [1.82, 2.24) is 0 Å². The van der Waals surface area contributed by atoms with Crippen LogP contribution < -0.4 is 16.0 Å². The van der Waals surface area contributed by atoms with Gasteiger partial charge in [-0.15, -0.1) is 0 Å². The van der Waals surface area contributed by atoms with Crippen molar-refractivity contribution in [3.05, 3.63) is 46.5 Å². The first-order valence-corrected chi connectivity index (χ1v) is 6.35. The standard InChI is InChI=1S/C14H14ClN3O/c1-8-5-9(2)14(19)13(6-8)18-16-11-4-3-10(15)7-12(11)17-18/h3-7,16-17,19H,1-2H3. The van der Waals surface area contributed by atoms with Crippen LogP contribution in [0, 0.1) is 13.8 Å². The molecular formula is C14H14ClN3O. The molecule has 98 valence electrons. The van der Waals surface area contributed by atoms with Crippen molar-refractivity contribution >= 4 is 28.7 Å². The Morgan fingerprint density at radius 2 is 1.79 bits per heavy atom. The molecule has 3 rings (SSSR count). The Morgan fingerprint density at radius 3 is 2.58 bits per heavy atom. The second kappa shape index (κ2) is 4.24. The Kier molecular flexibility index (Phi) is 2.68. The molecule has 0 aliphatic carbocycles. The maximum absolute atomic E-state index is 10.2. The molecule has 0 fully saturated rings. The highest BCUT2D eigenvalue weighted by molar-refractivity contribution is 6.31. The van der Waals surface area contributed by atoms with E-state index in [1.54, 1.807) is 5.12 Å². The Morgan fingerprint density at radius 1 is 1.05 bits per heavy atom. The molecule has 0 radical (unpaired) electrons. The number of halogens is 1. The van der Waals surface area contributed by atoms with Crippen molar-refractivity contribution in [2.24, 2.45) is 0 Å². The smallest absolute Gasteiger partial charge is 0.145 e.